The van der Waals surface area contributed by atoms with Crippen LogP contribution in [0.3, 0.4) is 0 Å². The molecule has 3 aromatic rings. The van der Waals surface area contributed by atoms with Crippen LogP contribution in [-0.2, 0) is 18.0 Å². The summed E-state index contributed by atoms with van der Waals surface area (Å²) in [6.45, 7) is 1.33. The lowest BCUT2D eigenvalue weighted by Gasteiger charge is -2.08. The number of benzene rings is 1. The van der Waals surface area contributed by atoms with Crippen LogP contribution in [0.15, 0.2) is 48.8 Å². The third-order valence-corrected chi connectivity index (χ3v) is 3.85. The maximum Gasteiger partial charge on any atom is 0.227 e. The van der Waals surface area contributed by atoms with Crippen LogP contribution >= 0.6 is 11.6 Å². The highest BCUT2D eigenvalue weighted by Gasteiger charge is 2.12. The van der Waals surface area contributed by atoms with Gasteiger partial charge in [-0.15, -0.1) is 0 Å². The van der Waals surface area contributed by atoms with E-state index in [-0.39, 0.29) is 0 Å². The molecule has 0 saturated heterocycles. The zero-order valence-electron chi connectivity index (χ0n) is 12.2. The van der Waals surface area contributed by atoms with Crippen LogP contribution in [0.4, 0.5) is 11.6 Å². The number of nitrogens with zero attached hydrogens (tertiary/aromatic N) is 3. The van der Waals surface area contributed by atoms with E-state index in [0.717, 1.165) is 11.4 Å². The second kappa shape index (κ2) is 5.95. The highest BCUT2D eigenvalue weighted by molar-refractivity contribution is 6.30. The molecule has 3 heterocycles. The molecule has 4 rings (SSSR count). The van der Waals surface area contributed by atoms with Gasteiger partial charge in [-0.05, 0) is 41.5 Å². The summed E-state index contributed by atoms with van der Waals surface area (Å²) in [5.74, 6) is 0.517. The molecule has 0 radical (unpaired) electrons. The molecular weight excluding hydrogens is 312 g/mol. The lowest BCUT2D eigenvalue weighted by molar-refractivity contribution is 0.134. The SMILES string of the molecule is Clc1ccnc(-c2ccnc(Nc3ccc4c(c3)COC4)n2)c1. The molecular formula is C17H13ClN4O. The topological polar surface area (TPSA) is 59.9 Å². The highest BCUT2D eigenvalue weighted by Crippen LogP contribution is 2.25. The Labute approximate surface area is 138 Å². The third kappa shape index (κ3) is 3.02. The largest absolute Gasteiger partial charge is 0.372 e. The molecule has 0 fully saturated rings. The summed E-state index contributed by atoms with van der Waals surface area (Å²) in [6.07, 6.45) is 3.36. The quantitative estimate of drug-likeness (QED) is 0.790. The molecule has 0 saturated carbocycles. The summed E-state index contributed by atoms with van der Waals surface area (Å²) in [7, 11) is 0. The lowest BCUT2D eigenvalue weighted by Crippen LogP contribution is -1.99. The number of ether oxygens (including phenoxy) is 1. The Balaban J connectivity index is 1.61. The highest BCUT2D eigenvalue weighted by atomic mass is 35.5. The van der Waals surface area contributed by atoms with Crippen LogP contribution in [0.1, 0.15) is 11.1 Å². The third-order valence-electron chi connectivity index (χ3n) is 3.62. The first-order valence-corrected chi connectivity index (χ1v) is 7.57. The molecule has 1 aliphatic heterocycles. The van der Waals surface area contributed by atoms with E-state index in [2.05, 4.69) is 32.4 Å². The summed E-state index contributed by atoms with van der Waals surface area (Å²) < 4.78 is 5.43. The smallest absolute Gasteiger partial charge is 0.227 e. The van der Waals surface area contributed by atoms with Crippen molar-refractivity contribution in [1.82, 2.24) is 15.0 Å². The fourth-order valence-electron chi connectivity index (χ4n) is 2.49. The predicted molar refractivity (Wildman–Crippen MR) is 88.5 cm³/mol. The number of halogens is 1. The van der Waals surface area contributed by atoms with Crippen molar-refractivity contribution in [3.8, 4) is 11.4 Å². The van der Waals surface area contributed by atoms with Crippen molar-refractivity contribution in [1.29, 1.82) is 0 Å². The van der Waals surface area contributed by atoms with Crippen molar-refractivity contribution >= 4 is 23.2 Å². The molecule has 23 heavy (non-hydrogen) atoms. The molecule has 5 nitrogen and oxygen atoms in total. The van der Waals surface area contributed by atoms with Crippen LogP contribution < -0.4 is 5.32 Å². The minimum atomic E-state index is 0.517. The van der Waals surface area contributed by atoms with Crippen molar-refractivity contribution in [3.63, 3.8) is 0 Å². The van der Waals surface area contributed by atoms with E-state index in [1.54, 1.807) is 30.6 Å². The van der Waals surface area contributed by atoms with Crippen LogP contribution in [0, 0.1) is 0 Å². The molecule has 0 spiro atoms. The van der Waals surface area contributed by atoms with Crippen LogP contribution in [0.2, 0.25) is 5.02 Å². The Morgan fingerprint density at radius 2 is 1.78 bits per heavy atom. The zero-order chi connectivity index (χ0) is 15.6. The molecule has 0 unspecified atom stereocenters. The van der Waals surface area contributed by atoms with Gasteiger partial charge in [0.25, 0.3) is 0 Å². The van der Waals surface area contributed by atoms with E-state index in [4.69, 9.17) is 16.3 Å². The Kier molecular flexibility index (Phi) is 3.65. The molecule has 1 aliphatic rings. The minimum Gasteiger partial charge on any atom is -0.372 e. The van der Waals surface area contributed by atoms with Crippen LogP contribution in [-0.4, -0.2) is 15.0 Å². The molecule has 0 bridgehead atoms. The number of nitrogens with one attached hydrogen (secondary N) is 1. The van der Waals surface area contributed by atoms with E-state index >= 15 is 0 Å². The first-order valence-electron chi connectivity index (χ1n) is 7.19. The number of anilines is 2. The van der Waals surface area contributed by atoms with E-state index in [1.807, 2.05) is 6.07 Å². The van der Waals surface area contributed by atoms with Crippen molar-refractivity contribution in [2.24, 2.45) is 0 Å². The van der Waals surface area contributed by atoms with Gasteiger partial charge >= 0.3 is 0 Å². The number of hydrogen-bond donors (Lipinski definition) is 1. The molecule has 0 aliphatic carbocycles. The van der Waals surface area contributed by atoms with E-state index < -0.39 is 0 Å². The molecule has 2 aromatic heterocycles. The molecule has 0 amide bonds. The van der Waals surface area contributed by atoms with Gasteiger partial charge in [-0.2, -0.15) is 0 Å². The van der Waals surface area contributed by atoms with Gasteiger partial charge in [-0.3, -0.25) is 4.98 Å². The fourth-order valence-corrected chi connectivity index (χ4v) is 2.65. The number of aromatic nitrogens is 3. The molecule has 1 N–H and O–H groups in total. The van der Waals surface area contributed by atoms with E-state index in [0.29, 0.717) is 29.9 Å². The maximum absolute atomic E-state index is 6.01. The Morgan fingerprint density at radius 3 is 2.70 bits per heavy atom. The van der Waals surface area contributed by atoms with Gasteiger partial charge in [0.1, 0.15) is 0 Å². The maximum atomic E-state index is 6.01. The predicted octanol–water partition coefficient (Wildman–Crippen LogP) is 3.97. The van der Waals surface area contributed by atoms with Gasteiger partial charge in [0.2, 0.25) is 5.95 Å². The van der Waals surface area contributed by atoms with Crippen molar-refractivity contribution < 1.29 is 4.74 Å². The Hall–Kier alpha value is -2.50. The normalized spacial score (nSPS) is 12.9. The number of hydrogen-bond acceptors (Lipinski definition) is 5. The Bertz CT molecular complexity index is 869. The number of rotatable bonds is 3. The van der Waals surface area contributed by atoms with Crippen LogP contribution in [0.25, 0.3) is 11.4 Å². The second-order valence-electron chi connectivity index (χ2n) is 5.23. The van der Waals surface area contributed by atoms with Crippen LogP contribution in [0.5, 0.6) is 0 Å². The summed E-state index contributed by atoms with van der Waals surface area (Å²) in [4.78, 5) is 13.0. The second-order valence-corrected chi connectivity index (χ2v) is 5.66. The summed E-state index contributed by atoms with van der Waals surface area (Å²) in [6, 6.07) is 11.4. The van der Waals surface area contributed by atoms with Gasteiger partial charge < -0.3 is 10.1 Å². The molecule has 114 valence electrons. The van der Waals surface area contributed by atoms with Gasteiger partial charge in [-0.25, -0.2) is 9.97 Å². The average molecular weight is 325 g/mol. The monoisotopic (exact) mass is 324 g/mol. The lowest BCUT2D eigenvalue weighted by atomic mass is 10.1. The van der Waals surface area contributed by atoms with Crippen molar-refractivity contribution in [2.75, 3.05) is 5.32 Å². The van der Waals surface area contributed by atoms with Crippen molar-refractivity contribution in [3.05, 3.63) is 64.9 Å². The molecule has 6 heteroatoms. The zero-order valence-corrected chi connectivity index (χ0v) is 12.9. The van der Waals surface area contributed by atoms with Gasteiger partial charge in [0.15, 0.2) is 0 Å². The number of pyridine rings is 1. The van der Waals surface area contributed by atoms with Crippen molar-refractivity contribution in [2.45, 2.75) is 13.2 Å². The molecule has 1 aromatic carbocycles. The minimum absolute atomic E-state index is 0.517. The first kappa shape index (κ1) is 14.1. The number of fused-ring (bicyclic) bond motifs is 1. The first-order chi connectivity index (χ1) is 11.3. The average Bonchev–Trinajstić information content (AvgIpc) is 3.03. The summed E-state index contributed by atoms with van der Waals surface area (Å²) in [5, 5.41) is 3.85. The molecule has 0 atom stereocenters. The van der Waals surface area contributed by atoms with E-state index in [9.17, 15) is 0 Å². The van der Waals surface area contributed by atoms with Gasteiger partial charge in [0, 0.05) is 23.1 Å². The standard InChI is InChI=1S/C17H13ClN4O/c18-13-3-5-19-16(8-13)15-4-6-20-17(22-15)21-14-2-1-11-9-23-10-12(11)7-14/h1-8H,9-10H2,(H,20,21,22). The summed E-state index contributed by atoms with van der Waals surface area (Å²) in [5.41, 5.74) is 4.79. The summed E-state index contributed by atoms with van der Waals surface area (Å²) >= 11 is 6.01. The Morgan fingerprint density at radius 1 is 0.913 bits per heavy atom. The van der Waals surface area contributed by atoms with E-state index in [1.165, 1.54) is 11.1 Å². The van der Waals surface area contributed by atoms with Gasteiger partial charge in [0.05, 0.1) is 24.6 Å². The fraction of sp³-hybridized carbons (Fsp3) is 0.118. The van der Waals surface area contributed by atoms with Gasteiger partial charge in [-0.1, -0.05) is 17.7 Å².